The van der Waals surface area contributed by atoms with Crippen molar-refractivity contribution in [2.75, 3.05) is 87.2 Å². The molecule has 0 aliphatic carbocycles. The average molecular weight is 2130 g/mol. The first-order valence-electron chi connectivity index (χ1n) is 53.2. The number of rotatable bonds is 81. The molecule has 0 saturated carbocycles. The van der Waals surface area contributed by atoms with E-state index in [0.29, 0.717) is 61.2 Å². The van der Waals surface area contributed by atoms with Crippen LogP contribution in [-0.2, 0) is 81.2 Å². The summed E-state index contributed by atoms with van der Waals surface area (Å²) >= 11 is 2.10. The average Bonchev–Trinajstić information content (AvgIpc) is 1.67. The van der Waals surface area contributed by atoms with E-state index in [4.69, 9.17) is 62.2 Å². The van der Waals surface area contributed by atoms with Gasteiger partial charge in [0.25, 0.3) is 0 Å². The number of aliphatic hydroxyl groups excluding tert-OH is 3. The Morgan fingerprint density at radius 2 is 0.660 bits per heavy atom. The van der Waals surface area contributed by atoms with Crippen LogP contribution in [-0.4, -0.2) is 203 Å². The van der Waals surface area contributed by atoms with E-state index >= 15 is 0 Å². The van der Waals surface area contributed by atoms with Gasteiger partial charge in [0.1, 0.15) is 46.8 Å². The number of aromatic nitrogens is 10. The van der Waals surface area contributed by atoms with Crippen molar-refractivity contribution in [1.82, 2.24) is 64.5 Å². The minimum Gasteiger partial charge on any atom is -0.423 e. The summed E-state index contributed by atoms with van der Waals surface area (Å²) in [5, 5.41) is 37.9. The van der Waals surface area contributed by atoms with Crippen molar-refractivity contribution in [3.63, 3.8) is 0 Å². The first-order chi connectivity index (χ1) is 71.1. The number of hydrogen-bond acceptors (Lipinski definition) is 30. The fraction of sp³-hybridized carbons (Fsp3) is 0.629. The van der Waals surface area contributed by atoms with E-state index in [1.807, 2.05) is 0 Å². The summed E-state index contributed by atoms with van der Waals surface area (Å²) < 4.78 is 74.6. The summed E-state index contributed by atoms with van der Waals surface area (Å²) in [4.78, 5) is 108. The van der Waals surface area contributed by atoms with E-state index in [9.17, 15) is 62.9 Å². The number of anilines is 3. The third-order valence-corrected chi connectivity index (χ3v) is 28.6. The lowest BCUT2D eigenvalue weighted by Gasteiger charge is -2.19. The molecular formula is C105H172N19O19P3S. The molecule has 0 spiro atoms. The second-order valence-corrected chi connectivity index (χ2v) is 43.9. The van der Waals surface area contributed by atoms with Crippen molar-refractivity contribution >= 4 is 92.1 Å². The van der Waals surface area contributed by atoms with Crippen LogP contribution >= 0.6 is 34.5 Å². The molecule has 8 aromatic rings. The van der Waals surface area contributed by atoms with Gasteiger partial charge in [0, 0.05) is 25.8 Å². The van der Waals surface area contributed by atoms with Crippen LogP contribution in [0.25, 0.3) is 22.3 Å². The Labute approximate surface area is 873 Å². The summed E-state index contributed by atoms with van der Waals surface area (Å²) in [6.45, 7) is 7.38. The third-order valence-electron chi connectivity index (χ3n) is 24.5. The van der Waals surface area contributed by atoms with Crippen molar-refractivity contribution in [2.24, 2.45) is 17.2 Å². The topological polar surface area (TPSA) is 593 Å². The van der Waals surface area contributed by atoms with Gasteiger partial charge in [0.05, 0.1) is 88.5 Å². The van der Waals surface area contributed by atoms with Crippen molar-refractivity contribution in [3.05, 3.63) is 162 Å². The Bertz CT molecular complexity index is 5190. The number of amides is 3. The Morgan fingerprint density at radius 3 is 0.952 bits per heavy atom. The van der Waals surface area contributed by atoms with Crippen LogP contribution in [0.5, 0.6) is 17.2 Å². The molecule has 0 aliphatic rings. The number of nitrogens with one attached hydrogen (secondary N) is 3. The summed E-state index contributed by atoms with van der Waals surface area (Å²) in [6.07, 6.45) is 62.5. The molecule has 38 nitrogen and oxygen atoms in total. The number of carbonyl (C=O) groups is 3. The van der Waals surface area contributed by atoms with Crippen LogP contribution in [0.15, 0.2) is 139 Å². The summed E-state index contributed by atoms with van der Waals surface area (Å²) in [6, 6.07) is 18.6. The number of nitrogens with two attached hydrogens (primary N) is 6. The van der Waals surface area contributed by atoms with Gasteiger partial charge in [-0.2, -0.15) is 16.7 Å². The lowest BCUT2D eigenvalue weighted by atomic mass is 10.1. The molecule has 8 rings (SSSR count). The van der Waals surface area contributed by atoms with Crippen molar-refractivity contribution in [2.45, 2.75) is 353 Å². The third kappa shape index (κ3) is 56.0. The normalized spacial score (nSPS) is 14.1. The highest BCUT2D eigenvalue weighted by molar-refractivity contribution is 7.99. The predicted molar refractivity (Wildman–Crippen MR) is 585 cm³/mol. The second kappa shape index (κ2) is 75.6. The zero-order valence-electron chi connectivity index (χ0n) is 87.1. The van der Waals surface area contributed by atoms with Gasteiger partial charge in [0.2, 0.25) is 17.7 Å². The van der Waals surface area contributed by atoms with E-state index in [1.54, 1.807) is 69.8 Å². The van der Waals surface area contributed by atoms with Gasteiger partial charge in [-0.05, 0) is 173 Å². The van der Waals surface area contributed by atoms with Crippen LogP contribution in [0.4, 0.5) is 17.5 Å². The highest BCUT2D eigenvalue weighted by Crippen LogP contribution is 2.46. The number of fused-ring (bicyclic) bond motifs is 2. The number of unbranched alkanes of at least 4 members (excludes halogenated alkanes) is 34. The van der Waals surface area contributed by atoms with Gasteiger partial charge in [-0.1, -0.05) is 255 Å². The van der Waals surface area contributed by atoms with Gasteiger partial charge < -0.3 is 117 Å². The number of benzene rings is 3. The maximum absolute atomic E-state index is 12.7. The number of ether oxygens (including phenoxy) is 3. The molecule has 0 bridgehead atoms. The van der Waals surface area contributed by atoms with Crippen molar-refractivity contribution in [3.8, 4) is 17.2 Å². The number of nitrogens with zero attached hydrogens (tertiary/aromatic N) is 10. The highest BCUT2D eigenvalue weighted by atomic mass is 32.2. The smallest absolute Gasteiger partial charge is 0.402 e. The lowest BCUT2D eigenvalue weighted by Crippen LogP contribution is -2.42. The number of thioether (sulfide) groups is 1. The molecule has 3 aromatic carbocycles. The quantitative estimate of drug-likeness (QED) is 0.00956. The number of imidazole rings is 2. The molecule has 3 unspecified atom stereocenters. The van der Waals surface area contributed by atoms with E-state index in [0.717, 1.165) is 61.6 Å². The summed E-state index contributed by atoms with van der Waals surface area (Å²) in [5.41, 5.74) is 38.9. The maximum Gasteiger partial charge on any atom is 0.402 e. The van der Waals surface area contributed by atoms with Gasteiger partial charge in [0.15, 0.2) is 42.0 Å². The van der Waals surface area contributed by atoms with Gasteiger partial charge in [-0.3, -0.25) is 19.0 Å². The van der Waals surface area contributed by atoms with Gasteiger partial charge in [-0.25, -0.2) is 48.4 Å². The summed E-state index contributed by atoms with van der Waals surface area (Å²) in [5.74, 6) is 2.91. The highest BCUT2D eigenvalue weighted by Gasteiger charge is 2.30. The number of hydrogen-bond donors (Lipinski definition) is 15. The zero-order chi connectivity index (χ0) is 106. The van der Waals surface area contributed by atoms with E-state index in [-0.39, 0.29) is 72.1 Å². The minimum absolute atomic E-state index is 0.0570. The molecule has 5 heterocycles. The molecule has 9 atom stereocenters. The van der Waals surface area contributed by atoms with Crippen LogP contribution in [0.2, 0.25) is 0 Å². The second-order valence-electron chi connectivity index (χ2n) is 37.5. The van der Waals surface area contributed by atoms with Crippen molar-refractivity contribution < 1.29 is 85.9 Å². The predicted octanol–water partition coefficient (Wildman–Crippen LogP) is 16.9. The fourth-order valence-corrected chi connectivity index (χ4v) is 19.7. The molecule has 21 N–H and O–H groups in total. The molecule has 0 radical (unpaired) electrons. The molecular weight excluding hydrogens is 1960 g/mol. The number of carbonyl (C=O) groups excluding carboxylic acids is 3. The lowest BCUT2D eigenvalue weighted by molar-refractivity contribution is -0.123. The Kier molecular flexibility index (Phi) is 65.1. The van der Waals surface area contributed by atoms with Gasteiger partial charge >= 0.3 is 28.5 Å². The minimum atomic E-state index is -4.25. The van der Waals surface area contributed by atoms with Gasteiger partial charge in [-0.15, -0.1) is 0 Å². The zero-order valence-corrected chi connectivity index (χ0v) is 90.6. The van der Waals surface area contributed by atoms with E-state index in [2.05, 4.69) is 108 Å². The Morgan fingerprint density at radius 1 is 0.381 bits per heavy atom. The first-order valence-corrected chi connectivity index (χ1v) is 59.6. The van der Waals surface area contributed by atoms with Crippen molar-refractivity contribution in [1.29, 1.82) is 0 Å². The van der Waals surface area contributed by atoms with Crippen LogP contribution in [0.1, 0.15) is 294 Å². The molecule has 42 heteroatoms. The number of nitrogen functional groups attached to an aromatic ring is 3. The molecule has 3 amide bonds. The SMILES string of the molecule is CCCCCCCC/C=C/CCCCCCCCNC(=O)[C@@H](N)Cc1ccc(OP(=O)(O)CO[C@H](CO)Cn2ccc(N)nc2=O)cc1.CCCCCCCC/C=C/CCCCCCCCNC(=O)[C@@H](N)Cc1ccc(OP(=O)(O)CO[C@H](CO)Cn2cnc3c(N)ncnc32)cc1.CCCCCCCCSCCCCCCCCNC(=O)[C@@H](N)Cc1ccc(OP(=O)(O)CO[C@H](CO)Cn2cnc3c(N)ncnc32)cc1. The van der Waals surface area contributed by atoms with Crippen LogP contribution in [0, 0.1) is 0 Å². The molecule has 0 saturated heterocycles. The molecule has 0 fully saturated rings. The largest absolute Gasteiger partial charge is 0.423 e. The molecule has 822 valence electrons. The standard InChI is InChI=1S/C36H58N7O6P.C35H58N5O7P.C34H56N7O6PS/c1-2-3-4-5-6-7-8-9-10-11-12-13-14-15-16-17-22-39-36(45)32(37)23-29-18-20-30(21-19-29)49-50(46,47)28-48-31(25-44)24-43-27-42-33-34(38)40-26-41-35(33)43;1-2-3-4-5-6-7-8-9-10-11-12-13-14-15-16-17-23-38-34(42)32(36)25-29-18-20-30(21-19-29)47-48(44,45)28-46-31(27-41)26-40-24-22-33(37)39-35(40)43;1-2-3-4-5-9-12-19-49-20-13-10-7-6-8-11-18-37-34(43)30(35)21-27-14-16-28(17-15-27)47-48(44,45)26-46-29(23-42)22-41-25-40-31-32(36)38-24-39-33(31)41/h9-10,18-21,26-27,31-32,44H,2-8,11-17,22-25,28,37H2,1H3,(H,39,45)(H,46,47)(H2,38,40,41);9-10,18-22,24,31-32,41H,2-8,11-17,23,25-28,36H2,1H3,(H,38,42)(H,44,45)(H2,37,39,43);14-17,24-25,29-30,42H,2-13,18-23,26,35H2,1H3,(H,37,43)(H,44,45)(H2,36,38,39)/b2*10-9+;/t2*31-,32-;29-,30-/m000/s1. The van der Waals surface area contributed by atoms with Crippen LogP contribution < -0.4 is 69.6 Å². The van der Waals surface area contributed by atoms with E-state index in [1.165, 1.54) is 278 Å². The van der Waals surface area contributed by atoms with E-state index < -0.39 is 104 Å². The molecule has 0 aliphatic heterocycles. The number of allylic oxidation sites excluding steroid dienone is 4. The molecule has 5 aromatic heterocycles. The summed E-state index contributed by atoms with van der Waals surface area (Å²) in [7, 11) is -12.7. The Hall–Kier alpha value is -9.11. The Balaban J connectivity index is 0.000000337. The number of aliphatic hydroxyl groups is 3. The molecule has 147 heavy (non-hydrogen) atoms. The first kappa shape index (κ1) is 127. The monoisotopic (exact) mass is 2130 g/mol. The maximum atomic E-state index is 12.7. The van der Waals surface area contributed by atoms with Crippen LogP contribution in [0.3, 0.4) is 0 Å². The fourth-order valence-electron chi connectivity index (χ4n) is 16.0.